The lowest BCUT2D eigenvalue weighted by molar-refractivity contribution is -0.144. The fourth-order valence-corrected chi connectivity index (χ4v) is 1.90. The third-order valence-electron chi connectivity index (χ3n) is 2.92. The van der Waals surface area contributed by atoms with E-state index in [1.54, 1.807) is 12.1 Å². The van der Waals surface area contributed by atoms with Gasteiger partial charge in [-0.15, -0.1) is 0 Å². The first-order chi connectivity index (χ1) is 10.2. The Bertz CT molecular complexity index is 593. The minimum atomic E-state index is -0.354. The Morgan fingerprint density at radius 3 is 2.52 bits per heavy atom. The van der Waals surface area contributed by atoms with Gasteiger partial charge in [0.2, 0.25) is 0 Å². The van der Waals surface area contributed by atoms with E-state index in [0.29, 0.717) is 6.61 Å². The van der Waals surface area contributed by atoms with E-state index in [9.17, 15) is 9.18 Å². The predicted molar refractivity (Wildman–Crippen MR) is 77.5 cm³/mol. The molecule has 0 aliphatic carbocycles. The van der Waals surface area contributed by atoms with Gasteiger partial charge >= 0.3 is 5.97 Å². The molecule has 110 valence electrons. The van der Waals surface area contributed by atoms with Gasteiger partial charge in [0.1, 0.15) is 18.2 Å². The number of rotatable bonds is 6. The maximum Gasteiger partial charge on any atom is 0.310 e. The number of carbonyl (C=O) groups is 1. The van der Waals surface area contributed by atoms with Crippen molar-refractivity contribution in [1.82, 2.24) is 0 Å². The predicted octanol–water partition coefficient (Wildman–Crippen LogP) is 3.51. The van der Waals surface area contributed by atoms with Crippen molar-refractivity contribution in [1.29, 1.82) is 0 Å². The maximum atomic E-state index is 12.8. The summed E-state index contributed by atoms with van der Waals surface area (Å²) in [7, 11) is 0. The zero-order chi connectivity index (χ0) is 15.1. The molecule has 0 fully saturated rings. The van der Waals surface area contributed by atoms with E-state index >= 15 is 0 Å². The molecule has 0 amide bonds. The number of benzene rings is 2. The van der Waals surface area contributed by atoms with Gasteiger partial charge in [-0.25, -0.2) is 4.39 Å². The highest BCUT2D eigenvalue weighted by atomic mass is 19.1. The molecule has 0 saturated carbocycles. The highest BCUT2D eigenvalue weighted by Gasteiger charge is 2.08. The Morgan fingerprint density at radius 1 is 1.10 bits per heavy atom. The van der Waals surface area contributed by atoms with Crippen molar-refractivity contribution < 1.29 is 18.7 Å². The van der Waals surface area contributed by atoms with Crippen molar-refractivity contribution in [2.24, 2.45) is 0 Å². The van der Waals surface area contributed by atoms with E-state index in [2.05, 4.69) is 0 Å². The van der Waals surface area contributed by atoms with Crippen LogP contribution in [0.3, 0.4) is 0 Å². The first-order valence-electron chi connectivity index (χ1n) is 6.80. The third kappa shape index (κ3) is 4.60. The SMILES string of the molecule is CCOc1ccccc1COC(=O)Cc1ccc(F)cc1. The molecule has 4 heteroatoms. The fraction of sp³-hybridized carbons (Fsp3) is 0.235. The molecule has 0 heterocycles. The van der Waals surface area contributed by atoms with Crippen LogP contribution in [0.15, 0.2) is 48.5 Å². The normalized spacial score (nSPS) is 10.2. The average molecular weight is 288 g/mol. The van der Waals surface area contributed by atoms with E-state index in [0.717, 1.165) is 16.9 Å². The molecule has 0 spiro atoms. The molecule has 21 heavy (non-hydrogen) atoms. The van der Waals surface area contributed by atoms with Crippen LogP contribution in [0.25, 0.3) is 0 Å². The van der Waals surface area contributed by atoms with Gasteiger partial charge in [0.25, 0.3) is 0 Å². The van der Waals surface area contributed by atoms with Crippen LogP contribution in [0.5, 0.6) is 5.75 Å². The Labute approximate surface area is 123 Å². The van der Waals surface area contributed by atoms with Crippen molar-refractivity contribution >= 4 is 5.97 Å². The van der Waals surface area contributed by atoms with E-state index < -0.39 is 0 Å². The number of hydrogen-bond acceptors (Lipinski definition) is 3. The van der Waals surface area contributed by atoms with Crippen LogP contribution in [-0.4, -0.2) is 12.6 Å². The molecule has 0 bridgehead atoms. The summed E-state index contributed by atoms with van der Waals surface area (Å²) < 4.78 is 23.5. The van der Waals surface area contributed by atoms with Gasteiger partial charge in [0.05, 0.1) is 13.0 Å². The van der Waals surface area contributed by atoms with Crippen molar-refractivity contribution in [3.8, 4) is 5.75 Å². The summed E-state index contributed by atoms with van der Waals surface area (Å²) in [6.07, 6.45) is 0.122. The zero-order valence-electron chi connectivity index (χ0n) is 11.8. The molecule has 0 unspecified atom stereocenters. The van der Waals surface area contributed by atoms with E-state index in [-0.39, 0.29) is 24.8 Å². The van der Waals surface area contributed by atoms with Gasteiger partial charge < -0.3 is 9.47 Å². The van der Waals surface area contributed by atoms with E-state index in [4.69, 9.17) is 9.47 Å². The highest BCUT2D eigenvalue weighted by molar-refractivity contribution is 5.72. The molecule has 0 atom stereocenters. The Morgan fingerprint density at radius 2 is 1.81 bits per heavy atom. The van der Waals surface area contributed by atoms with Gasteiger partial charge in [0.15, 0.2) is 0 Å². The zero-order valence-corrected chi connectivity index (χ0v) is 11.8. The standard InChI is InChI=1S/C17H17FO3/c1-2-20-16-6-4-3-5-14(16)12-21-17(19)11-13-7-9-15(18)10-8-13/h3-10H,2,11-12H2,1H3. The molecule has 2 aromatic rings. The minimum absolute atomic E-state index is 0.122. The number of ether oxygens (including phenoxy) is 2. The van der Waals surface area contributed by atoms with Crippen molar-refractivity contribution in [2.45, 2.75) is 20.0 Å². The van der Waals surface area contributed by atoms with Crippen molar-refractivity contribution in [2.75, 3.05) is 6.61 Å². The lowest BCUT2D eigenvalue weighted by atomic mass is 10.1. The molecule has 0 aliphatic heterocycles. The van der Waals surface area contributed by atoms with Crippen LogP contribution in [0, 0.1) is 5.82 Å². The highest BCUT2D eigenvalue weighted by Crippen LogP contribution is 2.19. The topological polar surface area (TPSA) is 35.5 Å². The summed E-state index contributed by atoms with van der Waals surface area (Å²) in [6.45, 7) is 2.62. The van der Waals surface area contributed by atoms with Gasteiger partial charge in [0, 0.05) is 5.56 Å². The molecule has 0 saturated heterocycles. The molecular formula is C17H17FO3. The second kappa shape index (κ2) is 7.43. The van der Waals surface area contributed by atoms with Crippen LogP contribution in [-0.2, 0) is 22.6 Å². The summed E-state index contributed by atoms with van der Waals surface area (Å²) in [4.78, 5) is 11.8. The molecule has 0 aromatic heterocycles. The number of halogens is 1. The fourth-order valence-electron chi connectivity index (χ4n) is 1.90. The Balaban J connectivity index is 1.90. The number of carbonyl (C=O) groups excluding carboxylic acids is 1. The molecule has 0 radical (unpaired) electrons. The molecule has 2 aromatic carbocycles. The molecule has 2 rings (SSSR count). The summed E-state index contributed by atoms with van der Waals surface area (Å²) in [5.41, 5.74) is 1.55. The van der Waals surface area contributed by atoms with Crippen LogP contribution in [0.1, 0.15) is 18.1 Å². The van der Waals surface area contributed by atoms with Gasteiger partial charge in [-0.1, -0.05) is 30.3 Å². The van der Waals surface area contributed by atoms with Gasteiger partial charge in [-0.2, -0.15) is 0 Å². The quantitative estimate of drug-likeness (QED) is 0.763. The van der Waals surface area contributed by atoms with Crippen molar-refractivity contribution in [3.05, 3.63) is 65.5 Å². The van der Waals surface area contributed by atoms with E-state index in [1.807, 2.05) is 31.2 Å². The minimum Gasteiger partial charge on any atom is -0.493 e. The first-order valence-corrected chi connectivity index (χ1v) is 6.80. The maximum absolute atomic E-state index is 12.8. The molecule has 0 aliphatic rings. The van der Waals surface area contributed by atoms with Crippen LogP contribution in [0.2, 0.25) is 0 Å². The van der Waals surface area contributed by atoms with Gasteiger partial charge in [-0.05, 0) is 30.7 Å². The number of para-hydroxylation sites is 1. The second-order valence-corrected chi connectivity index (χ2v) is 4.50. The summed E-state index contributed by atoms with van der Waals surface area (Å²) in [5, 5.41) is 0. The summed E-state index contributed by atoms with van der Waals surface area (Å²) in [6, 6.07) is 13.2. The van der Waals surface area contributed by atoms with Crippen LogP contribution >= 0.6 is 0 Å². The summed E-state index contributed by atoms with van der Waals surface area (Å²) >= 11 is 0. The summed E-state index contributed by atoms with van der Waals surface area (Å²) in [5.74, 6) is 0.0419. The van der Waals surface area contributed by atoms with Crippen LogP contribution < -0.4 is 4.74 Å². The van der Waals surface area contributed by atoms with E-state index in [1.165, 1.54) is 12.1 Å². The number of esters is 1. The van der Waals surface area contributed by atoms with Gasteiger partial charge in [-0.3, -0.25) is 4.79 Å². The monoisotopic (exact) mass is 288 g/mol. The van der Waals surface area contributed by atoms with Crippen molar-refractivity contribution in [3.63, 3.8) is 0 Å². The molecular weight excluding hydrogens is 271 g/mol. The van der Waals surface area contributed by atoms with Crippen LogP contribution in [0.4, 0.5) is 4.39 Å². The average Bonchev–Trinajstić information content (AvgIpc) is 2.49. The Kier molecular flexibility index (Phi) is 5.32. The lowest BCUT2D eigenvalue weighted by Gasteiger charge is -2.10. The lowest BCUT2D eigenvalue weighted by Crippen LogP contribution is -2.09. The largest absolute Gasteiger partial charge is 0.493 e. The molecule has 0 N–H and O–H groups in total. The third-order valence-corrected chi connectivity index (χ3v) is 2.92. The number of hydrogen-bond donors (Lipinski definition) is 0. The smallest absolute Gasteiger partial charge is 0.310 e. The first kappa shape index (κ1) is 15.0. The second-order valence-electron chi connectivity index (χ2n) is 4.50. The Hall–Kier alpha value is -2.36. The molecule has 3 nitrogen and oxygen atoms in total.